The van der Waals surface area contributed by atoms with Gasteiger partial charge in [0.05, 0.1) is 6.61 Å². The van der Waals surface area contributed by atoms with E-state index in [0.29, 0.717) is 0 Å². The van der Waals surface area contributed by atoms with E-state index in [9.17, 15) is 4.79 Å². The minimum atomic E-state index is -1.20. The number of rotatable bonds is 3. The molecule has 1 aliphatic rings. The summed E-state index contributed by atoms with van der Waals surface area (Å²) in [5.74, 6) is -1.20. The van der Waals surface area contributed by atoms with E-state index in [1.54, 1.807) is 0 Å². The summed E-state index contributed by atoms with van der Waals surface area (Å²) in [7, 11) is 0. The van der Waals surface area contributed by atoms with Crippen molar-refractivity contribution in [2.45, 2.75) is 25.7 Å². The molecule has 0 aliphatic carbocycles. The molecule has 1 N–H and O–H groups in total. The third-order valence-electron chi connectivity index (χ3n) is 1.27. The van der Waals surface area contributed by atoms with E-state index in [0.717, 1.165) is 0 Å². The summed E-state index contributed by atoms with van der Waals surface area (Å²) in [6.07, 6.45) is -1.08. The maximum absolute atomic E-state index is 10.4. The molecule has 1 atom stereocenters. The summed E-state index contributed by atoms with van der Waals surface area (Å²) >= 11 is 0. The molecular formula is C7H12O5. The molecule has 0 radical (unpaired) electrons. The summed E-state index contributed by atoms with van der Waals surface area (Å²) < 4.78 is 14.1. The number of hydrogen-bond donors (Lipinski definition) is 1. The van der Waals surface area contributed by atoms with Crippen LogP contribution in [0.3, 0.4) is 0 Å². The van der Waals surface area contributed by atoms with E-state index in [-0.39, 0.29) is 13.2 Å². The van der Waals surface area contributed by atoms with Crippen molar-refractivity contribution < 1.29 is 24.1 Å². The summed E-state index contributed by atoms with van der Waals surface area (Å²) in [6, 6.07) is 0. The van der Waals surface area contributed by atoms with Crippen molar-refractivity contribution in [3.8, 4) is 0 Å². The highest BCUT2D eigenvalue weighted by Gasteiger charge is 2.27. The molecule has 0 aromatic heterocycles. The second kappa shape index (κ2) is 3.28. The Morgan fingerprint density at radius 1 is 1.75 bits per heavy atom. The Morgan fingerprint density at radius 3 is 2.83 bits per heavy atom. The van der Waals surface area contributed by atoms with Gasteiger partial charge in [0, 0.05) is 0 Å². The van der Waals surface area contributed by atoms with Gasteiger partial charge in [0.1, 0.15) is 6.61 Å². The fourth-order valence-electron chi connectivity index (χ4n) is 0.744. The van der Waals surface area contributed by atoms with Crippen LogP contribution in [0.1, 0.15) is 13.8 Å². The molecule has 0 bridgehead atoms. The Balaban J connectivity index is 2.20. The minimum absolute atomic E-state index is 0.148. The van der Waals surface area contributed by atoms with Crippen LogP contribution in [0.25, 0.3) is 0 Å². The van der Waals surface area contributed by atoms with E-state index in [2.05, 4.69) is 9.47 Å². The van der Waals surface area contributed by atoms with Crippen LogP contribution in [0.5, 0.6) is 0 Å². The second-order valence-electron chi connectivity index (χ2n) is 3.06. The normalized spacial score (nSPS) is 23.6. The fourth-order valence-corrected chi connectivity index (χ4v) is 0.744. The molecule has 1 saturated heterocycles. The molecule has 0 saturated carbocycles. The van der Waals surface area contributed by atoms with E-state index < -0.39 is 18.0 Å². The maximum Gasteiger partial charge on any atom is 0.508 e. The smallest absolute Gasteiger partial charge is 0.430 e. The number of carbonyl (C=O) groups excluding carboxylic acids is 1. The molecule has 70 valence electrons. The van der Waals surface area contributed by atoms with Gasteiger partial charge in [-0.15, -0.1) is 0 Å². The summed E-state index contributed by atoms with van der Waals surface area (Å²) in [4.78, 5) is 10.4. The van der Waals surface area contributed by atoms with Crippen molar-refractivity contribution >= 4 is 6.16 Å². The molecule has 1 aliphatic heterocycles. The average molecular weight is 176 g/mol. The van der Waals surface area contributed by atoms with E-state index >= 15 is 0 Å². The van der Waals surface area contributed by atoms with Gasteiger partial charge in [0.15, 0.2) is 11.9 Å². The first-order valence-corrected chi connectivity index (χ1v) is 3.67. The average Bonchev–Trinajstić information content (AvgIpc) is 2.30. The van der Waals surface area contributed by atoms with Crippen LogP contribution in [0.2, 0.25) is 0 Å². The number of hydrogen-bond acceptors (Lipinski definition) is 5. The summed E-state index contributed by atoms with van der Waals surface area (Å²) in [6.45, 7) is 3.35. The molecule has 1 fully saturated rings. The van der Waals surface area contributed by atoms with Gasteiger partial charge in [0.2, 0.25) is 0 Å². The SMILES string of the molecule is CC(C)(O)OCC1COC(=O)O1. The van der Waals surface area contributed by atoms with Crippen molar-refractivity contribution in [3.63, 3.8) is 0 Å². The zero-order chi connectivity index (χ0) is 9.19. The van der Waals surface area contributed by atoms with Crippen LogP contribution in [-0.2, 0) is 14.2 Å². The van der Waals surface area contributed by atoms with Gasteiger partial charge >= 0.3 is 6.16 Å². The van der Waals surface area contributed by atoms with E-state index in [4.69, 9.17) is 9.84 Å². The van der Waals surface area contributed by atoms with Crippen molar-refractivity contribution in [1.29, 1.82) is 0 Å². The molecule has 5 nitrogen and oxygen atoms in total. The first kappa shape index (κ1) is 9.28. The van der Waals surface area contributed by atoms with Crippen LogP contribution in [0, 0.1) is 0 Å². The zero-order valence-electron chi connectivity index (χ0n) is 7.07. The number of aliphatic hydroxyl groups is 1. The predicted octanol–water partition coefficient (Wildman–Crippen LogP) is 0.267. The standard InChI is InChI=1S/C7H12O5/c1-7(2,9)11-4-5-3-10-6(8)12-5/h5,9H,3-4H2,1-2H3. The molecule has 0 aromatic carbocycles. The quantitative estimate of drug-likeness (QED) is 0.493. The Labute approximate surface area is 70.2 Å². The Morgan fingerprint density at radius 2 is 2.42 bits per heavy atom. The van der Waals surface area contributed by atoms with Crippen molar-refractivity contribution in [1.82, 2.24) is 0 Å². The summed E-state index contributed by atoms with van der Waals surface area (Å²) in [5.41, 5.74) is 0. The molecule has 1 unspecified atom stereocenters. The van der Waals surface area contributed by atoms with Gasteiger partial charge in [-0.05, 0) is 13.8 Å². The van der Waals surface area contributed by atoms with Gasteiger partial charge in [-0.2, -0.15) is 0 Å². The van der Waals surface area contributed by atoms with E-state index in [1.807, 2.05) is 0 Å². The third kappa shape index (κ3) is 3.06. The molecule has 5 heteroatoms. The topological polar surface area (TPSA) is 65.0 Å². The third-order valence-corrected chi connectivity index (χ3v) is 1.27. The van der Waals surface area contributed by atoms with Crippen molar-refractivity contribution in [2.75, 3.05) is 13.2 Å². The van der Waals surface area contributed by atoms with Gasteiger partial charge < -0.3 is 19.3 Å². The van der Waals surface area contributed by atoms with Gasteiger partial charge in [0.25, 0.3) is 0 Å². The number of ether oxygens (including phenoxy) is 3. The van der Waals surface area contributed by atoms with Crippen LogP contribution >= 0.6 is 0 Å². The van der Waals surface area contributed by atoms with Crippen LogP contribution in [0.4, 0.5) is 4.79 Å². The predicted molar refractivity (Wildman–Crippen MR) is 38.5 cm³/mol. The molecule has 12 heavy (non-hydrogen) atoms. The monoisotopic (exact) mass is 176 g/mol. The van der Waals surface area contributed by atoms with Crippen molar-refractivity contribution in [2.24, 2.45) is 0 Å². The Hall–Kier alpha value is -0.810. The lowest BCUT2D eigenvalue weighted by molar-refractivity contribution is -0.187. The van der Waals surface area contributed by atoms with Gasteiger partial charge in [-0.25, -0.2) is 4.79 Å². The lowest BCUT2D eigenvalue weighted by Gasteiger charge is -2.19. The highest BCUT2D eigenvalue weighted by molar-refractivity contribution is 5.61. The zero-order valence-corrected chi connectivity index (χ0v) is 7.07. The molecule has 1 heterocycles. The molecular weight excluding hydrogens is 164 g/mol. The van der Waals surface area contributed by atoms with Crippen LogP contribution in [0.15, 0.2) is 0 Å². The highest BCUT2D eigenvalue weighted by atomic mass is 16.8. The second-order valence-corrected chi connectivity index (χ2v) is 3.06. The maximum atomic E-state index is 10.4. The highest BCUT2D eigenvalue weighted by Crippen LogP contribution is 2.10. The van der Waals surface area contributed by atoms with Crippen LogP contribution in [-0.4, -0.2) is 36.4 Å². The van der Waals surface area contributed by atoms with E-state index in [1.165, 1.54) is 13.8 Å². The van der Waals surface area contributed by atoms with Crippen molar-refractivity contribution in [3.05, 3.63) is 0 Å². The number of carbonyl (C=O) groups is 1. The number of cyclic esters (lactones) is 2. The molecule has 0 amide bonds. The van der Waals surface area contributed by atoms with Gasteiger partial charge in [-0.3, -0.25) is 0 Å². The summed E-state index contributed by atoms with van der Waals surface area (Å²) in [5, 5.41) is 9.14. The molecule has 0 aromatic rings. The Kier molecular flexibility index (Phi) is 2.54. The lowest BCUT2D eigenvalue weighted by Crippen LogP contribution is -2.29. The molecule has 0 spiro atoms. The largest absolute Gasteiger partial charge is 0.508 e. The molecule has 1 rings (SSSR count). The lowest BCUT2D eigenvalue weighted by atomic mass is 10.3. The Bertz CT molecular complexity index is 171. The van der Waals surface area contributed by atoms with Gasteiger partial charge in [-0.1, -0.05) is 0 Å². The minimum Gasteiger partial charge on any atom is -0.430 e. The van der Waals surface area contributed by atoms with Crippen LogP contribution < -0.4 is 0 Å². The fraction of sp³-hybridized carbons (Fsp3) is 0.857. The first-order valence-electron chi connectivity index (χ1n) is 3.67. The first-order chi connectivity index (χ1) is 5.47.